The molecule has 1 unspecified atom stereocenters. The second-order valence-corrected chi connectivity index (χ2v) is 15.8. The van der Waals surface area contributed by atoms with Crippen molar-refractivity contribution in [1.29, 1.82) is 0 Å². The summed E-state index contributed by atoms with van der Waals surface area (Å²) in [7, 11) is -2.44. The molecule has 8 heteroatoms. The lowest BCUT2D eigenvalue weighted by molar-refractivity contribution is -0.0000154. The van der Waals surface area contributed by atoms with Crippen molar-refractivity contribution >= 4 is 25.6 Å². The molecule has 0 aliphatic rings. The van der Waals surface area contributed by atoms with Crippen LogP contribution in [0.5, 0.6) is 0 Å². The normalized spacial score (nSPS) is 10.1. The molecular weight excluding hydrogens is 861 g/mol. The maximum absolute atomic E-state index is 9.67. The van der Waals surface area contributed by atoms with Gasteiger partial charge in [-0.3, -0.25) is 12.9 Å². The topological polar surface area (TPSA) is 11.3 Å². The summed E-state index contributed by atoms with van der Waals surface area (Å²) in [4.78, 5) is 0. The van der Waals surface area contributed by atoms with Crippen LogP contribution in [0.3, 0.4) is 0 Å². The highest BCUT2D eigenvalue weighted by Gasteiger charge is 2.28. The quantitative estimate of drug-likeness (QED) is 0.0640. The van der Waals surface area contributed by atoms with Crippen LogP contribution < -0.4 is 4.70 Å². The van der Waals surface area contributed by atoms with E-state index in [1.54, 1.807) is 0 Å². The minimum absolute atomic E-state index is 0. The van der Waals surface area contributed by atoms with Gasteiger partial charge >= 0.3 is 19.1 Å². The molecule has 2 aromatic heterocycles. The number of hydrogen-bond donors (Lipinski definition) is 0. The van der Waals surface area contributed by atoms with E-state index in [-0.39, 0.29) is 14.6 Å². The fourth-order valence-electron chi connectivity index (χ4n) is 7.58. The Bertz CT molecular complexity index is 2380. The Hall–Kier alpha value is -7.23. The standard InChI is InChI=1S/C29H21O.C29H21P.BF3.FH.H3P/c2*1-5-13-22(14-6-1)26-21-27(23-15-7-2-8-16-23)29(25-19-11-4-12-20-25)30-28(26)24-17-9-3-10-18-24;2-1(3)4;;/h2*1-21H;;1H;1H3/q+1;;;;/p-1. The zero-order chi connectivity index (χ0) is 43.9. The molecular formula is C58H45BF4OP2. The molecule has 0 N–H and O–H groups in total. The molecule has 0 bridgehead atoms. The second kappa shape index (κ2) is 24.2. The predicted octanol–water partition coefficient (Wildman–Crippen LogP) is 15.1. The molecule has 0 saturated heterocycles. The van der Waals surface area contributed by atoms with Crippen molar-refractivity contribution in [3.8, 4) is 88.9 Å². The number of benzene rings is 8. The van der Waals surface area contributed by atoms with Gasteiger partial charge < -0.3 is 4.70 Å². The van der Waals surface area contributed by atoms with Crippen molar-refractivity contribution < 1.29 is 22.1 Å². The maximum Gasteiger partial charge on any atom is 0.762 e. The van der Waals surface area contributed by atoms with E-state index < -0.39 is 7.54 Å². The van der Waals surface area contributed by atoms with Crippen LogP contribution in [0.2, 0.25) is 0 Å². The molecule has 0 amide bonds. The highest BCUT2D eigenvalue weighted by Crippen LogP contribution is 2.49. The third-order valence-corrected chi connectivity index (χ3v) is 12.0. The van der Waals surface area contributed by atoms with Crippen molar-refractivity contribution in [1.82, 2.24) is 0 Å². The fraction of sp³-hybridized carbons (Fsp3) is 0. The lowest BCUT2D eigenvalue weighted by Crippen LogP contribution is -3.00. The summed E-state index contributed by atoms with van der Waals surface area (Å²) in [6, 6.07) is 89.2. The van der Waals surface area contributed by atoms with E-state index in [0.29, 0.717) is 0 Å². The fourth-order valence-corrected chi connectivity index (χ4v) is 8.99. The van der Waals surface area contributed by atoms with E-state index in [1.165, 1.54) is 52.2 Å². The number of hydrogen-bond acceptors (Lipinski definition) is 0. The molecule has 1 nitrogen and oxygen atoms in total. The van der Waals surface area contributed by atoms with Crippen LogP contribution in [0.15, 0.2) is 259 Å². The predicted molar refractivity (Wildman–Crippen MR) is 276 cm³/mol. The molecule has 2 heterocycles. The Balaban J connectivity index is 0.000000196. The highest BCUT2D eigenvalue weighted by molar-refractivity contribution is 7.38. The van der Waals surface area contributed by atoms with E-state index in [0.717, 1.165) is 44.9 Å². The van der Waals surface area contributed by atoms with Gasteiger partial charge in [0.25, 0.3) is 0 Å². The highest BCUT2D eigenvalue weighted by atomic mass is 31.0. The molecule has 10 aromatic rings. The molecule has 0 radical (unpaired) electrons. The van der Waals surface area contributed by atoms with Crippen molar-refractivity contribution in [2.45, 2.75) is 0 Å². The summed E-state index contributed by atoms with van der Waals surface area (Å²) in [5.41, 5.74) is 14.2. The van der Waals surface area contributed by atoms with E-state index in [4.69, 9.17) is 4.42 Å². The first-order chi connectivity index (χ1) is 31.5. The first-order valence-electron chi connectivity index (χ1n) is 21.0. The van der Waals surface area contributed by atoms with Crippen molar-refractivity contribution in [2.75, 3.05) is 0 Å². The monoisotopic (exact) mass is 906 g/mol. The van der Waals surface area contributed by atoms with Crippen LogP contribution >= 0.6 is 18.1 Å². The Kier molecular flexibility index (Phi) is 17.7. The third-order valence-electron chi connectivity index (χ3n) is 10.5. The molecule has 324 valence electrons. The van der Waals surface area contributed by atoms with Gasteiger partial charge in [0.2, 0.25) is 0 Å². The zero-order valence-corrected chi connectivity index (χ0v) is 38.2. The van der Waals surface area contributed by atoms with Gasteiger partial charge in [-0.25, -0.2) is 4.42 Å². The Labute approximate surface area is 389 Å². The van der Waals surface area contributed by atoms with Crippen LogP contribution in [-0.2, 0) is 0 Å². The van der Waals surface area contributed by atoms with E-state index in [9.17, 15) is 12.9 Å². The minimum atomic E-state index is -3.67. The van der Waals surface area contributed by atoms with E-state index in [2.05, 4.69) is 206 Å². The first-order valence-corrected chi connectivity index (χ1v) is 21.8. The Morgan fingerprint density at radius 1 is 0.288 bits per heavy atom. The van der Waals surface area contributed by atoms with Crippen LogP contribution in [0, 0.1) is 0 Å². The van der Waals surface area contributed by atoms with Gasteiger partial charge in [0.05, 0.1) is 22.3 Å². The van der Waals surface area contributed by atoms with Crippen LogP contribution in [0.4, 0.5) is 12.9 Å². The zero-order valence-electron chi connectivity index (χ0n) is 35.9. The Morgan fingerprint density at radius 2 is 0.485 bits per heavy atom. The molecule has 0 aliphatic heterocycles. The van der Waals surface area contributed by atoms with E-state index >= 15 is 0 Å². The van der Waals surface area contributed by atoms with Gasteiger partial charge in [-0.15, -0.1) is 0 Å². The lowest BCUT2D eigenvalue weighted by Gasteiger charge is -2.17. The molecule has 0 fully saturated rings. The molecule has 66 heavy (non-hydrogen) atoms. The van der Waals surface area contributed by atoms with Gasteiger partial charge in [0.15, 0.2) is 0 Å². The van der Waals surface area contributed by atoms with Crippen LogP contribution in [0.25, 0.3) is 88.9 Å². The summed E-state index contributed by atoms with van der Waals surface area (Å²) in [5, 5.41) is 2.70. The Morgan fingerprint density at radius 3 is 0.742 bits per heavy atom. The molecule has 0 saturated carbocycles. The largest absolute Gasteiger partial charge is 1.00 e. The summed E-state index contributed by atoms with van der Waals surface area (Å²) in [6.07, 6.45) is 0. The summed E-state index contributed by atoms with van der Waals surface area (Å²) < 4.78 is 35.7. The SMILES string of the molecule is FB(F)F.P.[F-].c1ccc(-c2cc(-c3ccccc3)c(-c3ccccc3)[o+]c2-c2ccccc2)cc1.c1ccc(-c2cc(-c3ccccc3)c(-c3ccccc3)pc2-c2ccccc2)cc1. The summed E-state index contributed by atoms with van der Waals surface area (Å²) in [6.45, 7) is 0. The van der Waals surface area contributed by atoms with Gasteiger partial charge in [0, 0.05) is 10.6 Å². The van der Waals surface area contributed by atoms with Crippen molar-refractivity contribution in [2.24, 2.45) is 0 Å². The third kappa shape index (κ3) is 12.1. The summed E-state index contributed by atoms with van der Waals surface area (Å²) >= 11 is 0. The number of halogens is 4. The van der Waals surface area contributed by atoms with Crippen LogP contribution in [-0.4, -0.2) is 7.54 Å². The van der Waals surface area contributed by atoms with Crippen molar-refractivity contribution in [3.05, 3.63) is 255 Å². The van der Waals surface area contributed by atoms with Crippen molar-refractivity contribution in [3.63, 3.8) is 0 Å². The molecule has 1 atom stereocenters. The molecule has 0 spiro atoms. The van der Waals surface area contributed by atoms with Gasteiger partial charge in [0.1, 0.15) is 0 Å². The minimum Gasteiger partial charge on any atom is -1.00 e. The maximum atomic E-state index is 9.67. The second-order valence-electron chi connectivity index (χ2n) is 14.7. The molecule has 0 aliphatic carbocycles. The first kappa shape index (κ1) is 48.2. The lowest BCUT2D eigenvalue weighted by atomic mass is 9.94. The van der Waals surface area contributed by atoms with Crippen LogP contribution in [0.1, 0.15) is 0 Å². The van der Waals surface area contributed by atoms with E-state index in [1.807, 2.05) is 48.5 Å². The number of rotatable bonds is 8. The van der Waals surface area contributed by atoms with Gasteiger partial charge in [-0.2, -0.15) is 9.90 Å². The smallest absolute Gasteiger partial charge is 0.762 e. The van der Waals surface area contributed by atoms with Gasteiger partial charge in [-0.05, 0) is 80.9 Å². The van der Waals surface area contributed by atoms with Gasteiger partial charge in [-0.1, -0.05) is 227 Å². The average Bonchev–Trinajstić information content (AvgIpc) is 3.38. The average molecular weight is 907 g/mol. The molecule has 8 aromatic carbocycles. The molecule has 10 rings (SSSR count). The summed E-state index contributed by atoms with van der Waals surface area (Å²) in [5.74, 6) is 1.75.